The molecule has 0 radical (unpaired) electrons. The molecule has 2 unspecified atom stereocenters. The van der Waals surface area contributed by atoms with Gasteiger partial charge in [0.25, 0.3) is 0 Å². The van der Waals surface area contributed by atoms with Crippen LogP contribution in [0.1, 0.15) is 6.42 Å². The molecule has 1 heterocycles. The Bertz CT molecular complexity index is 143. The molecule has 0 amide bonds. The molecule has 1 aliphatic heterocycles. The largest absolute Gasteiger partial charge is 0.383 e. The van der Waals surface area contributed by atoms with Crippen LogP contribution in [0, 0.1) is 0 Å². The zero-order valence-corrected chi connectivity index (χ0v) is 9.45. The monoisotopic (exact) mass is 202 g/mol. The highest BCUT2D eigenvalue weighted by molar-refractivity contribution is 4.80. The number of hydrogen-bond donors (Lipinski definition) is 1. The van der Waals surface area contributed by atoms with Gasteiger partial charge in [0.15, 0.2) is 0 Å². The number of rotatable bonds is 6. The Morgan fingerprint density at radius 3 is 2.93 bits per heavy atom. The SMILES string of the molecule is CNCC(COC)N(C)C1CCOC1. The summed E-state index contributed by atoms with van der Waals surface area (Å²) in [6.07, 6.45) is 1.14. The Hall–Kier alpha value is -0.160. The van der Waals surface area contributed by atoms with E-state index in [9.17, 15) is 0 Å². The highest BCUT2D eigenvalue weighted by Gasteiger charge is 2.25. The van der Waals surface area contributed by atoms with E-state index >= 15 is 0 Å². The molecule has 2 atom stereocenters. The summed E-state index contributed by atoms with van der Waals surface area (Å²) in [5.41, 5.74) is 0. The van der Waals surface area contributed by atoms with Crippen molar-refractivity contribution in [2.24, 2.45) is 0 Å². The minimum atomic E-state index is 0.441. The molecule has 1 aliphatic rings. The van der Waals surface area contributed by atoms with Crippen molar-refractivity contribution in [2.45, 2.75) is 18.5 Å². The van der Waals surface area contributed by atoms with Crippen molar-refractivity contribution in [3.8, 4) is 0 Å². The minimum Gasteiger partial charge on any atom is -0.383 e. The van der Waals surface area contributed by atoms with Gasteiger partial charge in [0.1, 0.15) is 0 Å². The number of nitrogens with one attached hydrogen (secondary N) is 1. The highest BCUT2D eigenvalue weighted by atomic mass is 16.5. The molecule has 0 aromatic rings. The molecule has 0 aromatic heterocycles. The smallest absolute Gasteiger partial charge is 0.0630 e. The van der Waals surface area contributed by atoms with Gasteiger partial charge in [-0.2, -0.15) is 0 Å². The third-order valence-electron chi connectivity index (χ3n) is 2.86. The molecule has 4 nitrogen and oxygen atoms in total. The second-order valence-corrected chi connectivity index (χ2v) is 3.85. The van der Waals surface area contributed by atoms with E-state index in [0.29, 0.717) is 12.1 Å². The first-order valence-electron chi connectivity index (χ1n) is 5.22. The molecule has 1 rings (SSSR count). The second-order valence-electron chi connectivity index (χ2n) is 3.85. The topological polar surface area (TPSA) is 33.7 Å². The van der Waals surface area contributed by atoms with Crippen molar-refractivity contribution < 1.29 is 9.47 Å². The van der Waals surface area contributed by atoms with Gasteiger partial charge < -0.3 is 14.8 Å². The fraction of sp³-hybridized carbons (Fsp3) is 1.00. The van der Waals surface area contributed by atoms with Crippen LogP contribution in [0.5, 0.6) is 0 Å². The highest BCUT2D eigenvalue weighted by Crippen LogP contribution is 2.13. The van der Waals surface area contributed by atoms with E-state index in [2.05, 4.69) is 17.3 Å². The first-order chi connectivity index (χ1) is 6.79. The molecule has 0 spiro atoms. The minimum absolute atomic E-state index is 0.441. The van der Waals surface area contributed by atoms with Gasteiger partial charge in [-0.25, -0.2) is 0 Å². The first kappa shape index (κ1) is 11.9. The predicted molar refractivity (Wildman–Crippen MR) is 56.6 cm³/mol. The summed E-state index contributed by atoms with van der Waals surface area (Å²) in [6.45, 7) is 3.49. The third kappa shape index (κ3) is 3.20. The molecule has 1 N–H and O–H groups in total. The third-order valence-corrected chi connectivity index (χ3v) is 2.86. The van der Waals surface area contributed by atoms with Crippen LogP contribution in [0.25, 0.3) is 0 Å². The van der Waals surface area contributed by atoms with Gasteiger partial charge in [0.2, 0.25) is 0 Å². The quantitative estimate of drug-likeness (QED) is 0.654. The van der Waals surface area contributed by atoms with Gasteiger partial charge >= 0.3 is 0 Å². The predicted octanol–water partition coefficient (Wildman–Crippen LogP) is -0.0585. The molecule has 0 aromatic carbocycles. The number of methoxy groups -OCH3 is 1. The average Bonchev–Trinajstić information content (AvgIpc) is 2.69. The Kier molecular flexibility index (Phi) is 5.40. The maximum Gasteiger partial charge on any atom is 0.0630 e. The van der Waals surface area contributed by atoms with Crippen molar-refractivity contribution in [2.75, 3.05) is 47.6 Å². The lowest BCUT2D eigenvalue weighted by Crippen LogP contribution is -2.47. The summed E-state index contributed by atoms with van der Waals surface area (Å²) in [7, 11) is 5.88. The van der Waals surface area contributed by atoms with E-state index in [0.717, 1.165) is 32.8 Å². The Morgan fingerprint density at radius 1 is 1.64 bits per heavy atom. The summed E-state index contributed by atoms with van der Waals surface area (Å²) < 4.78 is 10.6. The van der Waals surface area contributed by atoms with E-state index < -0.39 is 0 Å². The lowest BCUT2D eigenvalue weighted by molar-refractivity contribution is 0.0728. The van der Waals surface area contributed by atoms with Crippen molar-refractivity contribution in [3.05, 3.63) is 0 Å². The zero-order chi connectivity index (χ0) is 10.4. The van der Waals surface area contributed by atoms with E-state index in [1.54, 1.807) is 7.11 Å². The average molecular weight is 202 g/mol. The van der Waals surface area contributed by atoms with Crippen LogP contribution in [0.4, 0.5) is 0 Å². The Labute approximate surface area is 86.6 Å². The molecule has 1 saturated heterocycles. The van der Waals surface area contributed by atoms with Crippen LogP contribution in [0.3, 0.4) is 0 Å². The molecule has 1 fully saturated rings. The summed E-state index contributed by atoms with van der Waals surface area (Å²) in [6, 6.07) is 1.00. The fourth-order valence-electron chi connectivity index (χ4n) is 1.89. The van der Waals surface area contributed by atoms with Gasteiger partial charge in [0, 0.05) is 32.3 Å². The van der Waals surface area contributed by atoms with E-state index in [-0.39, 0.29) is 0 Å². The zero-order valence-electron chi connectivity index (χ0n) is 9.45. The normalized spacial score (nSPS) is 24.4. The molecule has 4 heteroatoms. The molecule has 84 valence electrons. The van der Waals surface area contributed by atoms with Crippen molar-refractivity contribution in [3.63, 3.8) is 0 Å². The van der Waals surface area contributed by atoms with Gasteiger partial charge in [-0.1, -0.05) is 0 Å². The van der Waals surface area contributed by atoms with Crippen molar-refractivity contribution in [1.29, 1.82) is 0 Å². The summed E-state index contributed by atoms with van der Waals surface area (Å²) in [5.74, 6) is 0. The van der Waals surface area contributed by atoms with Crippen LogP contribution in [0.15, 0.2) is 0 Å². The number of likely N-dealkylation sites (N-methyl/N-ethyl adjacent to an activating group) is 2. The molecular weight excluding hydrogens is 180 g/mol. The molecule has 0 bridgehead atoms. The summed E-state index contributed by atoms with van der Waals surface area (Å²) in [5, 5.41) is 3.19. The lowest BCUT2D eigenvalue weighted by atomic mass is 10.1. The summed E-state index contributed by atoms with van der Waals surface area (Å²) in [4.78, 5) is 2.37. The van der Waals surface area contributed by atoms with E-state index in [1.807, 2.05) is 7.05 Å². The molecule has 0 aliphatic carbocycles. The van der Waals surface area contributed by atoms with Gasteiger partial charge in [-0.05, 0) is 20.5 Å². The maximum absolute atomic E-state index is 5.38. The number of hydrogen-bond acceptors (Lipinski definition) is 4. The first-order valence-corrected chi connectivity index (χ1v) is 5.22. The summed E-state index contributed by atoms with van der Waals surface area (Å²) >= 11 is 0. The standard InChI is InChI=1S/C10H22N2O2/c1-11-6-10(7-13-3)12(2)9-4-5-14-8-9/h9-11H,4-8H2,1-3H3. The van der Waals surface area contributed by atoms with Gasteiger partial charge in [-0.3, -0.25) is 4.90 Å². The van der Waals surface area contributed by atoms with Crippen LogP contribution in [0.2, 0.25) is 0 Å². The molecule has 0 saturated carbocycles. The fourth-order valence-corrected chi connectivity index (χ4v) is 1.89. The van der Waals surface area contributed by atoms with E-state index in [1.165, 1.54) is 0 Å². The molecular formula is C10H22N2O2. The van der Waals surface area contributed by atoms with Crippen LogP contribution in [-0.4, -0.2) is 64.6 Å². The lowest BCUT2D eigenvalue weighted by Gasteiger charge is -2.31. The van der Waals surface area contributed by atoms with Gasteiger partial charge in [0.05, 0.1) is 13.2 Å². The van der Waals surface area contributed by atoms with Crippen LogP contribution < -0.4 is 5.32 Å². The van der Waals surface area contributed by atoms with Gasteiger partial charge in [-0.15, -0.1) is 0 Å². The van der Waals surface area contributed by atoms with Crippen LogP contribution in [-0.2, 0) is 9.47 Å². The molecule has 14 heavy (non-hydrogen) atoms. The second kappa shape index (κ2) is 6.35. The number of nitrogens with zero attached hydrogens (tertiary/aromatic N) is 1. The van der Waals surface area contributed by atoms with Crippen molar-refractivity contribution >= 4 is 0 Å². The Balaban J connectivity index is 2.39. The Morgan fingerprint density at radius 2 is 2.43 bits per heavy atom. The maximum atomic E-state index is 5.38. The van der Waals surface area contributed by atoms with Crippen LogP contribution >= 0.6 is 0 Å². The van der Waals surface area contributed by atoms with E-state index in [4.69, 9.17) is 9.47 Å². The number of ether oxygens (including phenoxy) is 2. The van der Waals surface area contributed by atoms with Crippen molar-refractivity contribution in [1.82, 2.24) is 10.2 Å².